The van der Waals surface area contributed by atoms with E-state index in [4.69, 9.17) is 10.5 Å². The molecule has 3 N–H and O–H groups in total. The third-order valence-corrected chi connectivity index (χ3v) is 3.43. The average molecular weight is 275 g/mol. The Morgan fingerprint density at radius 1 is 1.45 bits per heavy atom. The van der Waals surface area contributed by atoms with Crippen LogP contribution in [0.1, 0.15) is 19.4 Å². The Balaban J connectivity index is 2.03. The van der Waals surface area contributed by atoms with Gasteiger partial charge in [0.1, 0.15) is 0 Å². The summed E-state index contributed by atoms with van der Waals surface area (Å²) in [6.45, 7) is 2.53. The van der Waals surface area contributed by atoms with E-state index < -0.39 is 0 Å². The monoisotopic (exact) mass is 275 g/mol. The van der Waals surface area contributed by atoms with E-state index in [-0.39, 0.29) is 24.5 Å². The molecule has 0 bridgehead atoms. The largest absolute Gasteiger partial charge is 0.476 e. The summed E-state index contributed by atoms with van der Waals surface area (Å²) in [6, 6.07) is 0.126. The van der Waals surface area contributed by atoms with Crippen molar-refractivity contribution in [3.05, 3.63) is 18.5 Å². The fraction of sp³-hybridized carbons (Fsp3) is 0.462. The first-order valence-electron chi connectivity index (χ1n) is 6.65. The number of anilines is 1. The van der Waals surface area contributed by atoms with Crippen LogP contribution in [0.15, 0.2) is 18.5 Å². The van der Waals surface area contributed by atoms with Crippen LogP contribution in [0.25, 0.3) is 11.2 Å². The van der Waals surface area contributed by atoms with Crippen LogP contribution >= 0.6 is 0 Å². The average Bonchev–Trinajstić information content (AvgIpc) is 3.04. The van der Waals surface area contributed by atoms with Gasteiger partial charge in [0.2, 0.25) is 11.8 Å². The van der Waals surface area contributed by atoms with Gasteiger partial charge in [-0.05, 0) is 13.3 Å². The Morgan fingerprint density at radius 2 is 2.30 bits per heavy atom. The van der Waals surface area contributed by atoms with Crippen molar-refractivity contribution in [2.24, 2.45) is 5.92 Å². The molecule has 2 heterocycles. The van der Waals surface area contributed by atoms with E-state index in [9.17, 15) is 5.11 Å². The Bertz CT molecular complexity index is 651. The third-order valence-electron chi connectivity index (χ3n) is 3.43. The predicted octanol–water partition coefficient (Wildman–Crippen LogP) is 0.917. The SMILES string of the molecule is CCOc1nc(N)nc2c1ncn2C1C=CC(CO)C1. The molecule has 0 fully saturated rings. The highest BCUT2D eigenvalue weighted by molar-refractivity contribution is 5.77. The molecule has 1 aliphatic carbocycles. The van der Waals surface area contributed by atoms with Crippen LogP contribution in [0.2, 0.25) is 0 Å². The number of aliphatic hydroxyl groups is 1. The van der Waals surface area contributed by atoms with Gasteiger partial charge in [-0.3, -0.25) is 0 Å². The van der Waals surface area contributed by atoms with Crippen molar-refractivity contribution in [2.75, 3.05) is 18.9 Å². The lowest BCUT2D eigenvalue weighted by atomic mass is 10.1. The number of ether oxygens (including phenoxy) is 1. The van der Waals surface area contributed by atoms with Crippen LogP contribution in [0.5, 0.6) is 5.88 Å². The highest BCUT2D eigenvalue weighted by atomic mass is 16.5. The first-order chi connectivity index (χ1) is 9.72. The van der Waals surface area contributed by atoms with Gasteiger partial charge in [0.25, 0.3) is 0 Å². The normalized spacial score (nSPS) is 21.7. The molecule has 0 aliphatic heterocycles. The van der Waals surface area contributed by atoms with Gasteiger partial charge in [0.15, 0.2) is 11.2 Å². The van der Waals surface area contributed by atoms with Crippen molar-refractivity contribution < 1.29 is 9.84 Å². The maximum atomic E-state index is 9.21. The van der Waals surface area contributed by atoms with E-state index in [0.717, 1.165) is 6.42 Å². The molecule has 0 saturated heterocycles. The van der Waals surface area contributed by atoms with Crippen LogP contribution in [-0.2, 0) is 0 Å². The van der Waals surface area contributed by atoms with E-state index >= 15 is 0 Å². The number of imidazole rings is 1. The number of fused-ring (bicyclic) bond motifs is 1. The van der Waals surface area contributed by atoms with Crippen LogP contribution in [-0.4, -0.2) is 37.8 Å². The zero-order valence-corrected chi connectivity index (χ0v) is 11.2. The second kappa shape index (κ2) is 5.09. The molecule has 2 aromatic heterocycles. The Hall–Kier alpha value is -2.15. The molecule has 2 atom stereocenters. The standard InChI is InChI=1S/C13H17N5O2/c1-2-20-12-10-11(16-13(14)17-12)18(7-15-10)9-4-3-8(5-9)6-19/h3-4,7-9,19H,2,5-6H2,1H3,(H2,14,16,17). The zero-order chi connectivity index (χ0) is 14.1. The number of nitrogens with zero attached hydrogens (tertiary/aromatic N) is 4. The van der Waals surface area contributed by atoms with Crippen molar-refractivity contribution >= 4 is 17.1 Å². The van der Waals surface area contributed by atoms with Crippen molar-refractivity contribution in [1.29, 1.82) is 0 Å². The maximum absolute atomic E-state index is 9.21. The van der Waals surface area contributed by atoms with Gasteiger partial charge in [0, 0.05) is 12.5 Å². The van der Waals surface area contributed by atoms with Crippen molar-refractivity contribution in [3.8, 4) is 5.88 Å². The molecule has 7 nitrogen and oxygen atoms in total. The van der Waals surface area contributed by atoms with E-state index in [1.54, 1.807) is 6.33 Å². The lowest BCUT2D eigenvalue weighted by Gasteiger charge is -2.12. The van der Waals surface area contributed by atoms with Gasteiger partial charge in [-0.1, -0.05) is 12.2 Å². The molecule has 7 heteroatoms. The highest BCUT2D eigenvalue weighted by Gasteiger charge is 2.23. The van der Waals surface area contributed by atoms with Crippen molar-refractivity contribution in [3.63, 3.8) is 0 Å². The van der Waals surface area contributed by atoms with Crippen LogP contribution in [0.4, 0.5) is 5.95 Å². The number of aliphatic hydroxyl groups excluding tert-OH is 1. The molecule has 0 saturated carbocycles. The molecule has 0 amide bonds. The van der Waals surface area contributed by atoms with E-state index in [1.165, 1.54) is 0 Å². The predicted molar refractivity (Wildman–Crippen MR) is 74.3 cm³/mol. The van der Waals surface area contributed by atoms with Gasteiger partial charge < -0.3 is 20.1 Å². The van der Waals surface area contributed by atoms with Gasteiger partial charge in [-0.15, -0.1) is 0 Å². The second-order valence-electron chi connectivity index (χ2n) is 4.77. The molecular weight excluding hydrogens is 258 g/mol. The Labute approximate surface area is 116 Å². The van der Waals surface area contributed by atoms with Crippen LogP contribution in [0, 0.1) is 5.92 Å². The smallest absolute Gasteiger partial charge is 0.247 e. The van der Waals surface area contributed by atoms with Crippen LogP contribution < -0.4 is 10.5 Å². The molecule has 0 spiro atoms. The molecular formula is C13H17N5O2. The Morgan fingerprint density at radius 3 is 3.00 bits per heavy atom. The summed E-state index contributed by atoms with van der Waals surface area (Å²) in [5.74, 6) is 0.765. The topological polar surface area (TPSA) is 99.1 Å². The van der Waals surface area contributed by atoms with Crippen LogP contribution in [0.3, 0.4) is 0 Å². The first kappa shape index (κ1) is 12.9. The minimum absolute atomic E-state index is 0.126. The van der Waals surface area contributed by atoms with E-state index in [1.807, 2.05) is 17.6 Å². The van der Waals surface area contributed by atoms with Gasteiger partial charge in [0.05, 0.1) is 19.0 Å². The molecule has 2 aromatic rings. The summed E-state index contributed by atoms with van der Waals surface area (Å²) < 4.78 is 7.40. The minimum Gasteiger partial charge on any atom is -0.476 e. The molecule has 3 rings (SSSR count). The number of allylic oxidation sites excluding steroid dienone is 1. The molecule has 0 aromatic carbocycles. The highest BCUT2D eigenvalue weighted by Crippen LogP contribution is 2.31. The second-order valence-corrected chi connectivity index (χ2v) is 4.77. The maximum Gasteiger partial charge on any atom is 0.247 e. The first-order valence-corrected chi connectivity index (χ1v) is 6.65. The number of aromatic nitrogens is 4. The Kier molecular flexibility index (Phi) is 3.27. The summed E-state index contributed by atoms with van der Waals surface area (Å²) in [5.41, 5.74) is 7.01. The number of nitrogen functional groups attached to an aromatic ring is 1. The van der Waals surface area contributed by atoms with E-state index in [0.29, 0.717) is 23.7 Å². The summed E-state index contributed by atoms with van der Waals surface area (Å²) in [4.78, 5) is 12.7. The fourth-order valence-electron chi connectivity index (χ4n) is 2.48. The fourth-order valence-corrected chi connectivity index (χ4v) is 2.48. The van der Waals surface area contributed by atoms with Crippen molar-refractivity contribution in [2.45, 2.75) is 19.4 Å². The van der Waals surface area contributed by atoms with Gasteiger partial charge in [-0.25, -0.2) is 4.98 Å². The quantitative estimate of drug-likeness (QED) is 0.805. The van der Waals surface area contributed by atoms with Crippen molar-refractivity contribution in [1.82, 2.24) is 19.5 Å². The number of hydrogen-bond donors (Lipinski definition) is 2. The third kappa shape index (κ3) is 2.09. The number of hydrogen-bond acceptors (Lipinski definition) is 6. The molecule has 1 aliphatic rings. The summed E-state index contributed by atoms with van der Waals surface area (Å²) in [7, 11) is 0. The number of rotatable bonds is 4. The lowest BCUT2D eigenvalue weighted by molar-refractivity contribution is 0.244. The molecule has 2 unspecified atom stereocenters. The summed E-state index contributed by atoms with van der Waals surface area (Å²) >= 11 is 0. The van der Waals surface area contributed by atoms with Gasteiger partial charge >= 0.3 is 0 Å². The van der Waals surface area contributed by atoms with E-state index in [2.05, 4.69) is 21.0 Å². The number of nitrogens with two attached hydrogens (primary N) is 1. The lowest BCUT2D eigenvalue weighted by Crippen LogP contribution is -2.09. The zero-order valence-electron chi connectivity index (χ0n) is 11.2. The molecule has 106 valence electrons. The minimum atomic E-state index is 0.126. The van der Waals surface area contributed by atoms with Gasteiger partial charge in [-0.2, -0.15) is 9.97 Å². The summed E-state index contributed by atoms with van der Waals surface area (Å²) in [6.07, 6.45) is 6.62. The molecule has 0 radical (unpaired) electrons. The summed E-state index contributed by atoms with van der Waals surface area (Å²) in [5, 5.41) is 9.21. The molecule has 20 heavy (non-hydrogen) atoms.